The Bertz CT molecular complexity index is 1230. The number of hydrogen-bond donors (Lipinski definition) is 2. The molecule has 0 aliphatic heterocycles. The zero-order valence-corrected chi connectivity index (χ0v) is 18.8. The molecule has 2 aromatic carbocycles. The number of anilines is 2. The minimum Gasteiger partial charge on any atom is -0.308 e. The maximum atomic E-state index is 13.4. The summed E-state index contributed by atoms with van der Waals surface area (Å²) in [6.45, 7) is 6.13. The minimum absolute atomic E-state index is 0.219. The Morgan fingerprint density at radius 2 is 1.55 bits per heavy atom. The van der Waals surface area contributed by atoms with Crippen molar-refractivity contribution >= 4 is 17.5 Å². The highest BCUT2D eigenvalue weighted by Gasteiger charge is 2.21. The molecule has 0 unspecified atom stereocenters. The van der Waals surface area contributed by atoms with Gasteiger partial charge in [0, 0.05) is 29.6 Å². The second kappa shape index (κ2) is 9.24. The molecular formula is C26H26FN5O. The fraction of sp³-hybridized carbons (Fsp3) is 0.192. The molecule has 168 valence electrons. The highest BCUT2D eigenvalue weighted by Crippen LogP contribution is 2.26. The highest BCUT2D eigenvalue weighted by atomic mass is 19.1. The van der Waals surface area contributed by atoms with Crippen molar-refractivity contribution in [2.75, 3.05) is 10.6 Å². The summed E-state index contributed by atoms with van der Waals surface area (Å²) < 4.78 is 15.0. The predicted molar refractivity (Wildman–Crippen MR) is 128 cm³/mol. The maximum Gasteiger partial charge on any atom is 0.324 e. The summed E-state index contributed by atoms with van der Waals surface area (Å²) in [7, 11) is 0. The molecule has 2 aromatic heterocycles. The average Bonchev–Trinajstić information content (AvgIpc) is 3.20. The van der Waals surface area contributed by atoms with Crippen LogP contribution >= 0.6 is 0 Å². The van der Waals surface area contributed by atoms with Crippen molar-refractivity contribution < 1.29 is 9.18 Å². The summed E-state index contributed by atoms with van der Waals surface area (Å²) in [5, 5.41) is 10.4. The topological polar surface area (TPSA) is 71.8 Å². The lowest BCUT2D eigenvalue weighted by Gasteiger charge is -2.14. The van der Waals surface area contributed by atoms with Crippen molar-refractivity contribution in [3.63, 3.8) is 0 Å². The summed E-state index contributed by atoms with van der Waals surface area (Å²) in [5.74, 6) is 0.167. The molecule has 0 aliphatic carbocycles. The number of aromatic nitrogens is 3. The van der Waals surface area contributed by atoms with E-state index in [1.807, 2.05) is 63.2 Å². The number of rotatable bonds is 5. The lowest BCUT2D eigenvalue weighted by atomic mass is 9.92. The van der Waals surface area contributed by atoms with Gasteiger partial charge in [-0.3, -0.25) is 10.3 Å². The molecule has 2 amide bonds. The molecule has 0 fully saturated rings. The molecule has 0 spiro atoms. The van der Waals surface area contributed by atoms with E-state index < -0.39 is 0 Å². The Labute approximate surface area is 192 Å². The number of carbonyl (C=O) groups is 1. The Balaban J connectivity index is 1.48. The van der Waals surface area contributed by atoms with Crippen molar-refractivity contribution in [3.8, 4) is 5.69 Å². The number of carbonyl (C=O) groups excluding carboxylic acids is 1. The molecule has 0 saturated heterocycles. The van der Waals surface area contributed by atoms with Crippen LogP contribution in [0.15, 0.2) is 79.1 Å². The third-order valence-electron chi connectivity index (χ3n) is 5.16. The standard InChI is InChI=1S/C26H26FN5O/c1-26(2,3)23-17-24(32(31-23)22-10-6-20(27)7-11-22)30-25(33)29-21-8-4-18(5-9-21)16-19-12-14-28-15-13-19/h4-15,17H,16H2,1-3H3,(H2,29,30,33). The zero-order valence-electron chi connectivity index (χ0n) is 18.8. The molecule has 7 heteroatoms. The van der Waals surface area contributed by atoms with Gasteiger partial charge in [-0.2, -0.15) is 5.10 Å². The fourth-order valence-corrected chi connectivity index (χ4v) is 3.34. The van der Waals surface area contributed by atoms with Gasteiger partial charge in [0.1, 0.15) is 11.6 Å². The van der Waals surface area contributed by atoms with Gasteiger partial charge < -0.3 is 5.32 Å². The normalized spacial score (nSPS) is 11.3. The Morgan fingerprint density at radius 1 is 0.909 bits per heavy atom. The van der Waals surface area contributed by atoms with E-state index in [1.54, 1.807) is 29.2 Å². The van der Waals surface area contributed by atoms with Crippen LogP contribution < -0.4 is 10.6 Å². The van der Waals surface area contributed by atoms with Crippen LogP contribution in [0.3, 0.4) is 0 Å². The molecule has 2 N–H and O–H groups in total. The summed E-state index contributed by atoms with van der Waals surface area (Å²) >= 11 is 0. The molecule has 0 bridgehead atoms. The molecule has 4 aromatic rings. The number of nitrogens with zero attached hydrogens (tertiary/aromatic N) is 3. The molecule has 0 aliphatic rings. The summed E-state index contributed by atoms with van der Waals surface area (Å²) in [6.07, 6.45) is 4.34. The second-order valence-corrected chi connectivity index (χ2v) is 8.86. The van der Waals surface area contributed by atoms with Gasteiger partial charge in [0.15, 0.2) is 0 Å². The summed E-state index contributed by atoms with van der Waals surface area (Å²) in [6, 6.07) is 19.1. The van der Waals surface area contributed by atoms with Crippen LogP contribution in [0.5, 0.6) is 0 Å². The van der Waals surface area contributed by atoms with Crippen LogP contribution in [0, 0.1) is 5.82 Å². The van der Waals surface area contributed by atoms with Gasteiger partial charge in [0.2, 0.25) is 0 Å². The van der Waals surface area contributed by atoms with Gasteiger partial charge in [-0.1, -0.05) is 32.9 Å². The highest BCUT2D eigenvalue weighted by molar-refractivity contribution is 5.99. The van der Waals surface area contributed by atoms with Crippen LogP contribution in [0.1, 0.15) is 37.6 Å². The molecule has 33 heavy (non-hydrogen) atoms. The summed E-state index contributed by atoms with van der Waals surface area (Å²) in [4.78, 5) is 16.8. The van der Waals surface area contributed by atoms with Crippen molar-refractivity contribution in [1.82, 2.24) is 14.8 Å². The first-order valence-corrected chi connectivity index (χ1v) is 10.7. The van der Waals surface area contributed by atoms with Crippen LogP contribution in [-0.4, -0.2) is 20.8 Å². The number of benzene rings is 2. The molecule has 6 nitrogen and oxygen atoms in total. The van der Waals surface area contributed by atoms with Crippen LogP contribution in [-0.2, 0) is 11.8 Å². The first kappa shape index (κ1) is 22.2. The molecule has 0 radical (unpaired) electrons. The lowest BCUT2D eigenvalue weighted by molar-refractivity contribution is 0.262. The van der Waals surface area contributed by atoms with E-state index in [0.717, 1.165) is 17.7 Å². The predicted octanol–water partition coefficient (Wildman–Crippen LogP) is 5.94. The first-order chi connectivity index (χ1) is 15.8. The Hall–Kier alpha value is -4.00. The van der Waals surface area contributed by atoms with Crippen molar-refractivity contribution in [1.29, 1.82) is 0 Å². The fourth-order valence-electron chi connectivity index (χ4n) is 3.34. The number of pyridine rings is 1. The third kappa shape index (κ3) is 5.63. The van der Waals surface area contributed by atoms with E-state index in [1.165, 1.54) is 17.7 Å². The van der Waals surface area contributed by atoms with E-state index in [9.17, 15) is 9.18 Å². The van der Waals surface area contributed by atoms with E-state index in [4.69, 9.17) is 0 Å². The molecule has 2 heterocycles. The van der Waals surface area contributed by atoms with E-state index in [0.29, 0.717) is 17.2 Å². The van der Waals surface area contributed by atoms with Gasteiger partial charge in [0.05, 0.1) is 11.4 Å². The Kier molecular flexibility index (Phi) is 6.22. The maximum absolute atomic E-state index is 13.4. The van der Waals surface area contributed by atoms with Gasteiger partial charge in [-0.25, -0.2) is 13.9 Å². The minimum atomic E-state index is -0.388. The number of amides is 2. The van der Waals surface area contributed by atoms with Gasteiger partial charge in [0.25, 0.3) is 0 Å². The largest absolute Gasteiger partial charge is 0.324 e. The third-order valence-corrected chi connectivity index (χ3v) is 5.16. The van der Waals surface area contributed by atoms with E-state index in [-0.39, 0.29) is 17.3 Å². The van der Waals surface area contributed by atoms with Gasteiger partial charge in [-0.05, 0) is 66.1 Å². The molecular weight excluding hydrogens is 417 g/mol. The van der Waals surface area contributed by atoms with E-state index in [2.05, 4.69) is 20.7 Å². The van der Waals surface area contributed by atoms with E-state index >= 15 is 0 Å². The van der Waals surface area contributed by atoms with Crippen LogP contribution in [0.2, 0.25) is 0 Å². The molecule has 4 rings (SSSR count). The second-order valence-electron chi connectivity index (χ2n) is 8.86. The smallest absolute Gasteiger partial charge is 0.308 e. The number of urea groups is 1. The lowest BCUT2D eigenvalue weighted by Crippen LogP contribution is -2.21. The number of hydrogen-bond acceptors (Lipinski definition) is 3. The van der Waals surface area contributed by atoms with Crippen molar-refractivity contribution in [2.45, 2.75) is 32.6 Å². The number of nitrogens with one attached hydrogen (secondary N) is 2. The zero-order chi connectivity index (χ0) is 23.4. The Morgan fingerprint density at radius 3 is 2.18 bits per heavy atom. The van der Waals surface area contributed by atoms with Crippen molar-refractivity contribution in [3.05, 3.63) is 102 Å². The van der Waals surface area contributed by atoms with Crippen LogP contribution in [0.4, 0.5) is 20.7 Å². The van der Waals surface area contributed by atoms with Gasteiger partial charge >= 0.3 is 6.03 Å². The molecule has 0 atom stereocenters. The monoisotopic (exact) mass is 443 g/mol. The average molecular weight is 444 g/mol. The molecule has 0 saturated carbocycles. The number of halogens is 1. The van der Waals surface area contributed by atoms with Crippen LogP contribution in [0.25, 0.3) is 5.69 Å². The van der Waals surface area contributed by atoms with Gasteiger partial charge in [-0.15, -0.1) is 0 Å². The quantitative estimate of drug-likeness (QED) is 0.401. The first-order valence-electron chi connectivity index (χ1n) is 10.7. The summed E-state index contributed by atoms with van der Waals surface area (Å²) in [5.41, 5.74) is 4.23. The SMILES string of the molecule is CC(C)(C)c1cc(NC(=O)Nc2ccc(Cc3ccncc3)cc2)n(-c2ccc(F)cc2)n1. The van der Waals surface area contributed by atoms with Crippen molar-refractivity contribution in [2.24, 2.45) is 0 Å².